The van der Waals surface area contributed by atoms with Crippen LogP contribution in [0.2, 0.25) is 0 Å². The van der Waals surface area contributed by atoms with E-state index in [-0.39, 0.29) is 19.0 Å². The van der Waals surface area contributed by atoms with E-state index in [0.717, 1.165) is 16.8 Å². The number of nitrogens with one attached hydrogen (secondary N) is 3. The second kappa shape index (κ2) is 10.1. The Morgan fingerprint density at radius 3 is 2.18 bits per heavy atom. The molecule has 0 aromatic heterocycles. The average molecular weight is 383 g/mol. The molecule has 0 atom stereocenters. The summed E-state index contributed by atoms with van der Waals surface area (Å²) in [5.41, 5.74) is 2.98. The monoisotopic (exact) mass is 383 g/mol. The third-order valence-corrected chi connectivity index (χ3v) is 4.03. The minimum Gasteiger partial charge on any atom is -0.493 e. The zero-order chi connectivity index (χ0) is 20.5. The van der Waals surface area contributed by atoms with E-state index < -0.39 is 11.8 Å². The molecule has 0 bridgehead atoms. The van der Waals surface area contributed by atoms with Gasteiger partial charge in [0.1, 0.15) is 5.75 Å². The average Bonchev–Trinajstić information content (AvgIpc) is 2.68. The van der Waals surface area contributed by atoms with E-state index in [4.69, 9.17) is 4.74 Å². The standard InChI is InChI=1S/C21H25N3O4/c1-4-28-17-11-6-5-10-16(17)21(27)23-12-18(25)22-13-19(26)24-20-14(2)8-7-9-15(20)3/h5-11H,4,12-13H2,1-3H3,(H,22,25)(H,23,27)(H,24,26). The Hall–Kier alpha value is -3.35. The third kappa shape index (κ3) is 5.84. The summed E-state index contributed by atoms with van der Waals surface area (Å²) in [6.07, 6.45) is 0. The number of hydrogen-bond donors (Lipinski definition) is 3. The molecule has 0 fully saturated rings. The van der Waals surface area contributed by atoms with Crippen LogP contribution in [-0.4, -0.2) is 37.4 Å². The summed E-state index contributed by atoms with van der Waals surface area (Å²) in [7, 11) is 0. The van der Waals surface area contributed by atoms with Crippen LogP contribution < -0.4 is 20.7 Å². The normalized spacial score (nSPS) is 10.1. The number of aryl methyl sites for hydroxylation is 2. The highest BCUT2D eigenvalue weighted by molar-refractivity contribution is 5.99. The number of ether oxygens (including phenoxy) is 1. The van der Waals surface area contributed by atoms with Gasteiger partial charge in [-0.3, -0.25) is 14.4 Å². The molecular weight excluding hydrogens is 358 g/mol. The molecule has 7 nitrogen and oxygen atoms in total. The first-order valence-electron chi connectivity index (χ1n) is 9.05. The zero-order valence-corrected chi connectivity index (χ0v) is 16.3. The molecule has 7 heteroatoms. The first kappa shape index (κ1) is 21.0. The fourth-order valence-electron chi connectivity index (χ4n) is 2.63. The summed E-state index contributed by atoms with van der Waals surface area (Å²) in [5.74, 6) is -0.757. The zero-order valence-electron chi connectivity index (χ0n) is 16.3. The van der Waals surface area contributed by atoms with Crippen molar-refractivity contribution in [2.24, 2.45) is 0 Å². The molecule has 0 unspecified atom stereocenters. The van der Waals surface area contributed by atoms with Gasteiger partial charge in [-0.25, -0.2) is 0 Å². The molecule has 2 aromatic rings. The van der Waals surface area contributed by atoms with E-state index in [1.54, 1.807) is 24.3 Å². The van der Waals surface area contributed by atoms with E-state index in [1.807, 2.05) is 39.0 Å². The molecule has 0 aliphatic heterocycles. The van der Waals surface area contributed by atoms with Crippen molar-refractivity contribution in [2.45, 2.75) is 20.8 Å². The number of anilines is 1. The minimum atomic E-state index is -0.459. The van der Waals surface area contributed by atoms with Gasteiger partial charge in [0, 0.05) is 5.69 Å². The Balaban J connectivity index is 1.81. The van der Waals surface area contributed by atoms with Crippen LogP contribution in [0, 0.1) is 13.8 Å². The summed E-state index contributed by atoms with van der Waals surface area (Å²) >= 11 is 0. The van der Waals surface area contributed by atoms with Gasteiger partial charge in [0.05, 0.1) is 25.3 Å². The first-order valence-corrected chi connectivity index (χ1v) is 9.05. The molecule has 0 saturated carbocycles. The van der Waals surface area contributed by atoms with Crippen LogP contribution >= 0.6 is 0 Å². The van der Waals surface area contributed by atoms with Crippen molar-refractivity contribution in [1.82, 2.24) is 10.6 Å². The smallest absolute Gasteiger partial charge is 0.255 e. The second-order valence-corrected chi connectivity index (χ2v) is 6.20. The van der Waals surface area contributed by atoms with Gasteiger partial charge in [-0.15, -0.1) is 0 Å². The SMILES string of the molecule is CCOc1ccccc1C(=O)NCC(=O)NCC(=O)Nc1c(C)cccc1C. The lowest BCUT2D eigenvalue weighted by molar-refractivity contribution is -0.123. The number of hydrogen-bond acceptors (Lipinski definition) is 4. The molecule has 0 saturated heterocycles. The largest absolute Gasteiger partial charge is 0.493 e. The Kier molecular flexibility index (Phi) is 7.56. The van der Waals surface area contributed by atoms with Crippen molar-refractivity contribution >= 4 is 23.4 Å². The molecule has 0 heterocycles. The van der Waals surface area contributed by atoms with Crippen LogP contribution in [0.15, 0.2) is 42.5 Å². The van der Waals surface area contributed by atoms with E-state index in [0.29, 0.717) is 17.9 Å². The van der Waals surface area contributed by atoms with Crippen LogP contribution in [0.3, 0.4) is 0 Å². The van der Waals surface area contributed by atoms with Crippen molar-refractivity contribution < 1.29 is 19.1 Å². The second-order valence-electron chi connectivity index (χ2n) is 6.20. The van der Waals surface area contributed by atoms with Crippen LogP contribution in [0.25, 0.3) is 0 Å². The molecule has 3 N–H and O–H groups in total. The topological polar surface area (TPSA) is 96.5 Å². The molecule has 28 heavy (non-hydrogen) atoms. The van der Waals surface area contributed by atoms with Crippen LogP contribution in [0.1, 0.15) is 28.4 Å². The van der Waals surface area contributed by atoms with Crippen LogP contribution in [-0.2, 0) is 9.59 Å². The molecule has 0 radical (unpaired) electrons. The Bertz CT molecular complexity index is 844. The highest BCUT2D eigenvalue weighted by Crippen LogP contribution is 2.19. The van der Waals surface area contributed by atoms with Gasteiger partial charge >= 0.3 is 0 Å². The predicted octanol–water partition coefficient (Wildman–Crippen LogP) is 2.19. The predicted molar refractivity (Wildman–Crippen MR) is 107 cm³/mol. The van der Waals surface area contributed by atoms with Crippen molar-refractivity contribution in [3.05, 3.63) is 59.2 Å². The molecule has 2 rings (SSSR count). The summed E-state index contributed by atoms with van der Waals surface area (Å²) in [4.78, 5) is 36.3. The highest BCUT2D eigenvalue weighted by atomic mass is 16.5. The van der Waals surface area contributed by atoms with Gasteiger partial charge in [0.15, 0.2) is 0 Å². The Morgan fingerprint density at radius 1 is 0.857 bits per heavy atom. The molecule has 0 aliphatic rings. The molecular formula is C21H25N3O4. The number of benzene rings is 2. The maximum atomic E-state index is 12.2. The summed E-state index contributed by atoms with van der Waals surface area (Å²) < 4.78 is 5.41. The highest BCUT2D eigenvalue weighted by Gasteiger charge is 2.14. The van der Waals surface area contributed by atoms with Gasteiger partial charge in [0.2, 0.25) is 11.8 Å². The van der Waals surface area contributed by atoms with Gasteiger partial charge in [-0.2, -0.15) is 0 Å². The fraction of sp³-hybridized carbons (Fsp3) is 0.286. The Morgan fingerprint density at radius 2 is 1.50 bits per heavy atom. The lowest BCUT2D eigenvalue weighted by Crippen LogP contribution is -2.40. The van der Waals surface area contributed by atoms with Crippen molar-refractivity contribution in [3.8, 4) is 5.75 Å². The number of carbonyl (C=O) groups is 3. The lowest BCUT2D eigenvalue weighted by atomic mass is 10.1. The van der Waals surface area contributed by atoms with Gasteiger partial charge in [-0.05, 0) is 44.0 Å². The van der Waals surface area contributed by atoms with Gasteiger partial charge in [0.25, 0.3) is 5.91 Å². The summed E-state index contributed by atoms with van der Waals surface area (Å²) in [5, 5.41) is 7.81. The van der Waals surface area contributed by atoms with Crippen molar-refractivity contribution in [2.75, 3.05) is 25.0 Å². The molecule has 3 amide bonds. The molecule has 0 aliphatic carbocycles. The fourth-order valence-corrected chi connectivity index (χ4v) is 2.63. The molecule has 2 aromatic carbocycles. The maximum absolute atomic E-state index is 12.2. The Labute approximate surface area is 164 Å². The molecule has 0 spiro atoms. The number of para-hydroxylation sites is 2. The number of amides is 3. The minimum absolute atomic E-state index is 0.183. The first-order chi connectivity index (χ1) is 13.4. The van der Waals surface area contributed by atoms with Gasteiger partial charge < -0.3 is 20.7 Å². The summed E-state index contributed by atoms with van der Waals surface area (Å²) in [6, 6.07) is 12.5. The van der Waals surface area contributed by atoms with E-state index in [9.17, 15) is 14.4 Å². The van der Waals surface area contributed by atoms with E-state index in [1.165, 1.54) is 0 Å². The van der Waals surface area contributed by atoms with Crippen molar-refractivity contribution in [1.29, 1.82) is 0 Å². The van der Waals surface area contributed by atoms with Crippen LogP contribution in [0.5, 0.6) is 5.75 Å². The number of carbonyl (C=O) groups excluding carboxylic acids is 3. The van der Waals surface area contributed by atoms with Gasteiger partial charge in [-0.1, -0.05) is 30.3 Å². The number of rotatable bonds is 8. The quantitative estimate of drug-likeness (QED) is 0.651. The maximum Gasteiger partial charge on any atom is 0.255 e. The van der Waals surface area contributed by atoms with E-state index in [2.05, 4.69) is 16.0 Å². The lowest BCUT2D eigenvalue weighted by Gasteiger charge is -2.12. The van der Waals surface area contributed by atoms with Crippen LogP contribution in [0.4, 0.5) is 5.69 Å². The third-order valence-electron chi connectivity index (χ3n) is 4.03. The van der Waals surface area contributed by atoms with Crippen molar-refractivity contribution in [3.63, 3.8) is 0 Å². The summed E-state index contributed by atoms with van der Waals surface area (Å²) in [6.45, 7) is 5.63. The molecule has 148 valence electrons. The van der Waals surface area contributed by atoms with E-state index >= 15 is 0 Å².